The number of rotatable bonds is 12. The molecule has 0 saturated carbocycles. The molecule has 34 heavy (non-hydrogen) atoms. The van der Waals surface area contributed by atoms with E-state index in [0.29, 0.717) is 17.9 Å². The molecule has 0 aliphatic heterocycles. The lowest BCUT2D eigenvalue weighted by Gasteiger charge is -2.24. The molecule has 1 heterocycles. The summed E-state index contributed by atoms with van der Waals surface area (Å²) in [6.45, 7) is -0.433. The molecule has 182 valence electrons. The lowest BCUT2D eigenvalue weighted by Crippen LogP contribution is -2.29. The fraction of sp³-hybridized carbons (Fsp3) is 0.381. The molecule has 0 saturated heterocycles. The first kappa shape index (κ1) is 25.3. The Hall–Kier alpha value is -3.32. The lowest BCUT2D eigenvalue weighted by atomic mass is 10.0. The van der Waals surface area contributed by atoms with Crippen LogP contribution in [0.15, 0.2) is 42.5 Å². The molecule has 0 radical (unpaired) electrons. The third-order valence-electron chi connectivity index (χ3n) is 5.08. The summed E-state index contributed by atoms with van der Waals surface area (Å²) in [7, 11) is 1.36. The van der Waals surface area contributed by atoms with E-state index in [1.807, 2.05) is 13.2 Å². The second-order valence-electron chi connectivity index (χ2n) is 7.21. The molecule has 3 rings (SSSR count). The van der Waals surface area contributed by atoms with Crippen LogP contribution in [0.3, 0.4) is 0 Å². The summed E-state index contributed by atoms with van der Waals surface area (Å²) in [6, 6.07) is 10.1. The van der Waals surface area contributed by atoms with Gasteiger partial charge in [0.25, 0.3) is 0 Å². The van der Waals surface area contributed by atoms with Crippen LogP contribution in [0.2, 0.25) is 0 Å². The molecule has 0 spiro atoms. The molecule has 0 aliphatic rings. The van der Waals surface area contributed by atoms with E-state index in [1.165, 1.54) is 25.3 Å². The maximum atomic E-state index is 12.5. The Morgan fingerprint density at radius 1 is 1.21 bits per heavy atom. The first-order chi connectivity index (χ1) is 16.3. The Kier molecular flexibility index (Phi) is 8.71. The number of ether oxygens (including phenoxy) is 2. The smallest absolute Gasteiger partial charge is 0.387 e. The first-order valence-corrected chi connectivity index (χ1v) is 11.6. The number of hydrogen-bond acceptors (Lipinski definition) is 9. The molecule has 2 aromatic carbocycles. The summed E-state index contributed by atoms with van der Waals surface area (Å²) in [5.74, 6) is 1.48. The zero-order valence-electron chi connectivity index (χ0n) is 18.7. The topological polar surface area (TPSA) is 117 Å². The van der Waals surface area contributed by atoms with Crippen molar-refractivity contribution >= 4 is 17.4 Å². The van der Waals surface area contributed by atoms with Crippen LogP contribution in [-0.4, -0.2) is 50.9 Å². The van der Waals surface area contributed by atoms with E-state index in [2.05, 4.69) is 25.6 Å². The Morgan fingerprint density at radius 2 is 1.91 bits per heavy atom. The molecule has 13 heteroatoms. The van der Waals surface area contributed by atoms with Gasteiger partial charge in [-0.3, -0.25) is 15.4 Å². The Morgan fingerprint density at radius 3 is 2.53 bits per heavy atom. The van der Waals surface area contributed by atoms with Crippen molar-refractivity contribution in [2.24, 2.45) is 0 Å². The Bertz CT molecular complexity index is 1100. The third-order valence-corrected chi connectivity index (χ3v) is 5.67. The van der Waals surface area contributed by atoms with Gasteiger partial charge in [-0.25, -0.2) is 4.68 Å². The fourth-order valence-corrected chi connectivity index (χ4v) is 3.74. The van der Waals surface area contributed by atoms with Gasteiger partial charge in [0.2, 0.25) is 0 Å². The number of nitro benzene ring substituents is 1. The zero-order chi connectivity index (χ0) is 24.7. The summed E-state index contributed by atoms with van der Waals surface area (Å²) < 4.78 is 36.2. The number of alkyl halides is 2. The van der Waals surface area contributed by atoms with Crippen molar-refractivity contribution in [3.63, 3.8) is 0 Å². The molecule has 1 N–H and O–H groups in total. The summed E-state index contributed by atoms with van der Waals surface area (Å²) >= 11 is 1.65. The number of nitrogens with one attached hydrogen (secondary N) is 1. The number of nitro groups is 1. The molecule has 2 unspecified atom stereocenters. The van der Waals surface area contributed by atoms with Gasteiger partial charge in [-0.2, -0.15) is 20.5 Å². The molecule has 10 nitrogen and oxygen atoms in total. The number of halogens is 2. The van der Waals surface area contributed by atoms with Crippen LogP contribution < -0.4 is 14.8 Å². The van der Waals surface area contributed by atoms with E-state index in [0.717, 1.165) is 11.3 Å². The highest BCUT2D eigenvalue weighted by molar-refractivity contribution is 7.98. The maximum Gasteiger partial charge on any atom is 0.387 e. The van der Waals surface area contributed by atoms with E-state index in [-0.39, 0.29) is 23.2 Å². The lowest BCUT2D eigenvalue weighted by molar-refractivity contribution is -0.385. The van der Waals surface area contributed by atoms with E-state index in [1.54, 1.807) is 40.7 Å². The van der Waals surface area contributed by atoms with Gasteiger partial charge in [0.1, 0.15) is 5.75 Å². The van der Waals surface area contributed by atoms with Crippen molar-refractivity contribution in [3.05, 3.63) is 69.5 Å². The van der Waals surface area contributed by atoms with Crippen LogP contribution in [0.5, 0.6) is 11.5 Å². The number of nitrogens with zero attached hydrogens (tertiary/aromatic N) is 5. The van der Waals surface area contributed by atoms with Gasteiger partial charge in [-0.15, -0.1) is 5.10 Å². The van der Waals surface area contributed by atoms with E-state index >= 15 is 0 Å². The largest absolute Gasteiger partial charge is 0.490 e. The first-order valence-electron chi connectivity index (χ1n) is 10.2. The van der Waals surface area contributed by atoms with Crippen LogP contribution in [-0.2, 0) is 6.54 Å². The van der Waals surface area contributed by atoms with Gasteiger partial charge in [-0.1, -0.05) is 12.1 Å². The van der Waals surface area contributed by atoms with E-state index < -0.39 is 17.6 Å². The number of thioether (sulfide) groups is 1. The van der Waals surface area contributed by atoms with Crippen molar-refractivity contribution in [3.8, 4) is 11.5 Å². The van der Waals surface area contributed by atoms with Crippen LogP contribution in [0.1, 0.15) is 36.0 Å². The minimum absolute atomic E-state index is 0.0589. The van der Waals surface area contributed by atoms with Gasteiger partial charge < -0.3 is 9.47 Å². The zero-order valence-corrected chi connectivity index (χ0v) is 19.5. The average Bonchev–Trinajstić information content (AvgIpc) is 3.28. The second kappa shape index (κ2) is 11.7. The van der Waals surface area contributed by atoms with E-state index in [9.17, 15) is 18.9 Å². The van der Waals surface area contributed by atoms with Crippen LogP contribution >= 0.6 is 11.8 Å². The highest BCUT2D eigenvalue weighted by Gasteiger charge is 2.26. The molecule has 0 aliphatic carbocycles. The molecule has 1 aromatic heterocycles. The van der Waals surface area contributed by atoms with Gasteiger partial charge in [0.15, 0.2) is 11.6 Å². The van der Waals surface area contributed by atoms with E-state index in [4.69, 9.17) is 4.74 Å². The summed E-state index contributed by atoms with van der Waals surface area (Å²) in [5.41, 5.74) is 1.31. The number of benzene rings is 2. The van der Waals surface area contributed by atoms with Gasteiger partial charge in [0, 0.05) is 17.9 Å². The predicted octanol–water partition coefficient (Wildman–Crippen LogP) is 3.99. The second-order valence-corrected chi connectivity index (χ2v) is 8.20. The minimum atomic E-state index is -2.90. The van der Waals surface area contributed by atoms with Crippen molar-refractivity contribution in [1.82, 2.24) is 25.5 Å². The molecule has 0 bridgehead atoms. The van der Waals surface area contributed by atoms with Crippen LogP contribution in [0.4, 0.5) is 14.5 Å². The van der Waals surface area contributed by atoms with Crippen LogP contribution in [0.25, 0.3) is 0 Å². The average molecular weight is 495 g/mol. The monoisotopic (exact) mass is 494 g/mol. The number of tetrazole rings is 1. The summed E-state index contributed by atoms with van der Waals surface area (Å²) in [6.07, 6.45) is 1.98. The SMILES string of the molecule is COc1cc(C(NC(C)c2ccc(OC(F)F)cc2)c2nnnn2CCSC)ccc1[N+](=O)[O-]. The number of aromatic nitrogens is 4. The molecular weight excluding hydrogens is 470 g/mol. The number of aryl methyl sites for hydroxylation is 1. The molecule has 2 atom stereocenters. The summed E-state index contributed by atoms with van der Waals surface area (Å²) in [4.78, 5) is 10.8. The number of hydrogen-bond donors (Lipinski definition) is 1. The third kappa shape index (κ3) is 6.17. The van der Waals surface area contributed by atoms with Crippen LogP contribution in [0, 0.1) is 10.1 Å². The van der Waals surface area contributed by atoms with Crippen molar-refractivity contribution < 1.29 is 23.2 Å². The fourth-order valence-electron chi connectivity index (χ4n) is 3.38. The highest BCUT2D eigenvalue weighted by atomic mass is 32.2. The van der Waals surface area contributed by atoms with Gasteiger partial charge >= 0.3 is 12.3 Å². The highest BCUT2D eigenvalue weighted by Crippen LogP contribution is 2.33. The normalized spacial score (nSPS) is 13.0. The molecule has 0 fully saturated rings. The van der Waals surface area contributed by atoms with Crippen molar-refractivity contribution in [2.75, 3.05) is 19.1 Å². The van der Waals surface area contributed by atoms with Gasteiger partial charge in [0.05, 0.1) is 24.6 Å². The summed E-state index contributed by atoms with van der Waals surface area (Å²) in [5, 5.41) is 26.9. The van der Waals surface area contributed by atoms with Gasteiger partial charge in [-0.05, 0) is 59.0 Å². The molecule has 0 amide bonds. The minimum Gasteiger partial charge on any atom is -0.490 e. The molecular formula is C21H24F2N6O4S. The Balaban J connectivity index is 1.96. The molecule has 3 aromatic rings. The number of methoxy groups -OCH3 is 1. The van der Waals surface area contributed by atoms with Crippen molar-refractivity contribution in [2.45, 2.75) is 32.2 Å². The standard InChI is InChI=1S/C21H24F2N6O4S/c1-13(14-4-7-16(8-5-14)33-21(22)23)24-19(20-25-26-27-28(20)10-11-34-3)15-6-9-17(29(30)31)18(12-15)32-2/h4-9,12-13,19,21,24H,10-11H2,1-3H3. The predicted molar refractivity (Wildman–Crippen MR) is 122 cm³/mol. The quantitative estimate of drug-likeness (QED) is 0.294. The maximum absolute atomic E-state index is 12.5. The Labute approximate surface area is 198 Å². The van der Waals surface area contributed by atoms with Crippen molar-refractivity contribution in [1.29, 1.82) is 0 Å².